The molecule has 0 unspecified atom stereocenters. The number of hydrogen-bond acceptors (Lipinski definition) is 4. The van der Waals surface area contributed by atoms with Crippen LogP contribution in [0.1, 0.15) is 45.5 Å². The van der Waals surface area contributed by atoms with E-state index < -0.39 is 0 Å². The maximum atomic E-state index is 12.5. The van der Waals surface area contributed by atoms with Crippen LogP contribution < -0.4 is 5.32 Å². The standard InChI is InChI=1S/C20H23N5O3/c1-23(9-3-4-13-11-21-24(2)12-13)20(28)22-14-5-8-16-17(10-14)19(27)25(18(16)26)15-6-7-15/h5,8,10-12,15H,3-4,6-7,9H2,1-2H3,(H,22,28). The second-order valence-corrected chi connectivity index (χ2v) is 7.45. The summed E-state index contributed by atoms with van der Waals surface area (Å²) in [4.78, 5) is 40.3. The molecule has 0 atom stereocenters. The van der Waals surface area contributed by atoms with Gasteiger partial charge in [0.1, 0.15) is 0 Å². The molecule has 0 saturated heterocycles. The van der Waals surface area contributed by atoms with Crippen LogP contribution in [0.25, 0.3) is 0 Å². The molecule has 1 aromatic heterocycles. The fraction of sp³-hybridized carbons (Fsp3) is 0.400. The Hall–Kier alpha value is -3.16. The number of benzene rings is 1. The predicted octanol–water partition coefficient (Wildman–Crippen LogP) is 2.28. The van der Waals surface area contributed by atoms with Crippen LogP contribution in [0.3, 0.4) is 0 Å². The monoisotopic (exact) mass is 381 g/mol. The molecule has 1 aliphatic carbocycles. The van der Waals surface area contributed by atoms with Crippen LogP contribution in [0, 0.1) is 0 Å². The van der Waals surface area contributed by atoms with E-state index in [4.69, 9.17) is 0 Å². The molecule has 4 amide bonds. The first-order valence-electron chi connectivity index (χ1n) is 9.45. The molecule has 1 aliphatic heterocycles. The molecule has 0 bridgehead atoms. The minimum Gasteiger partial charge on any atom is -0.328 e. The van der Waals surface area contributed by atoms with Crippen molar-refractivity contribution in [3.8, 4) is 0 Å². The molecule has 1 aromatic carbocycles. The molecule has 0 spiro atoms. The van der Waals surface area contributed by atoms with Gasteiger partial charge in [0, 0.05) is 38.6 Å². The zero-order valence-electron chi connectivity index (χ0n) is 16.0. The third-order valence-corrected chi connectivity index (χ3v) is 5.15. The first-order chi connectivity index (χ1) is 13.4. The van der Waals surface area contributed by atoms with Crippen molar-refractivity contribution in [3.05, 3.63) is 47.3 Å². The Balaban J connectivity index is 1.34. The highest BCUT2D eigenvalue weighted by atomic mass is 16.2. The highest BCUT2D eigenvalue weighted by Crippen LogP contribution is 2.35. The van der Waals surface area contributed by atoms with Crippen LogP contribution in [-0.4, -0.2) is 57.1 Å². The molecule has 2 heterocycles. The number of nitrogens with one attached hydrogen (secondary N) is 1. The number of anilines is 1. The van der Waals surface area contributed by atoms with Gasteiger partial charge in [-0.2, -0.15) is 5.10 Å². The Kier molecular flexibility index (Phi) is 4.62. The summed E-state index contributed by atoms with van der Waals surface area (Å²) < 4.78 is 1.76. The highest BCUT2D eigenvalue weighted by molar-refractivity contribution is 6.22. The summed E-state index contributed by atoms with van der Waals surface area (Å²) in [6, 6.07) is 4.68. The largest absolute Gasteiger partial charge is 0.328 e. The first kappa shape index (κ1) is 18.2. The second kappa shape index (κ2) is 7.10. The average molecular weight is 381 g/mol. The third kappa shape index (κ3) is 3.49. The van der Waals surface area contributed by atoms with Gasteiger partial charge in [-0.15, -0.1) is 0 Å². The summed E-state index contributed by atoms with van der Waals surface area (Å²) in [5, 5.41) is 6.94. The van der Waals surface area contributed by atoms with Gasteiger partial charge in [0.05, 0.1) is 17.3 Å². The Morgan fingerprint density at radius 3 is 2.68 bits per heavy atom. The topological polar surface area (TPSA) is 87.5 Å². The molecule has 2 aliphatic rings. The van der Waals surface area contributed by atoms with Gasteiger partial charge in [-0.1, -0.05) is 0 Å². The molecule has 8 heteroatoms. The number of amides is 4. The van der Waals surface area contributed by atoms with Crippen LogP contribution >= 0.6 is 0 Å². The number of nitrogens with zero attached hydrogens (tertiary/aromatic N) is 4. The van der Waals surface area contributed by atoms with Crippen molar-refractivity contribution in [2.75, 3.05) is 18.9 Å². The van der Waals surface area contributed by atoms with Crippen molar-refractivity contribution in [2.45, 2.75) is 31.7 Å². The molecular formula is C20H23N5O3. The second-order valence-electron chi connectivity index (χ2n) is 7.45. The summed E-state index contributed by atoms with van der Waals surface area (Å²) >= 11 is 0. The van der Waals surface area contributed by atoms with E-state index in [-0.39, 0.29) is 23.9 Å². The lowest BCUT2D eigenvalue weighted by atomic mass is 10.1. The van der Waals surface area contributed by atoms with Gasteiger partial charge < -0.3 is 10.2 Å². The Labute approximate surface area is 163 Å². The lowest BCUT2D eigenvalue weighted by Crippen LogP contribution is -2.32. The summed E-state index contributed by atoms with van der Waals surface area (Å²) in [6.45, 7) is 0.596. The molecule has 2 aromatic rings. The van der Waals surface area contributed by atoms with E-state index in [1.165, 1.54) is 4.90 Å². The number of fused-ring (bicyclic) bond motifs is 1. The van der Waals surface area contributed by atoms with Gasteiger partial charge in [-0.05, 0) is 49.4 Å². The zero-order valence-corrected chi connectivity index (χ0v) is 16.0. The molecular weight excluding hydrogens is 358 g/mol. The third-order valence-electron chi connectivity index (χ3n) is 5.15. The molecule has 146 valence electrons. The molecule has 0 radical (unpaired) electrons. The smallest absolute Gasteiger partial charge is 0.321 e. The highest BCUT2D eigenvalue weighted by Gasteiger charge is 2.44. The van der Waals surface area contributed by atoms with E-state index in [1.54, 1.807) is 34.8 Å². The number of aromatic nitrogens is 2. The van der Waals surface area contributed by atoms with Crippen LogP contribution in [0.2, 0.25) is 0 Å². The zero-order chi connectivity index (χ0) is 19.8. The Bertz CT molecular complexity index is 947. The number of rotatable bonds is 6. The van der Waals surface area contributed by atoms with Crippen LogP contribution in [0.5, 0.6) is 0 Å². The fourth-order valence-corrected chi connectivity index (χ4v) is 3.44. The number of aryl methyl sites for hydroxylation is 2. The summed E-state index contributed by atoms with van der Waals surface area (Å²) in [5.41, 5.74) is 2.44. The summed E-state index contributed by atoms with van der Waals surface area (Å²) in [6.07, 6.45) is 7.21. The summed E-state index contributed by atoms with van der Waals surface area (Å²) in [7, 11) is 3.61. The molecule has 4 rings (SSSR count). The van der Waals surface area contributed by atoms with Gasteiger partial charge in [0.25, 0.3) is 11.8 Å². The van der Waals surface area contributed by atoms with E-state index in [0.29, 0.717) is 23.4 Å². The minimum atomic E-state index is -0.261. The minimum absolute atomic E-state index is 0.0383. The Morgan fingerprint density at radius 1 is 1.25 bits per heavy atom. The normalized spacial score (nSPS) is 15.7. The van der Waals surface area contributed by atoms with Crippen LogP contribution in [-0.2, 0) is 13.5 Å². The van der Waals surface area contributed by atoms with Crippen molar-refractivity contribution in [2.24, 2.45) is 7.05 Å². The lowest BCUT2D eigenvalue weighted by Gasteiger charge is -2.18. The van der Waals surface area contributed by atoms with Gasteiger partial charge in [-0.3, -0.25) is 19.2 Å². The molecule has 1 fully saturated rings. The predicted molar refractivity (Wildman–Crippen MR) is 103 cm³/mol. The quantitative estimate of drug-likeness (QED) is 0.778. The lowest BCUT2D eigenvalue weighted by molar-refractivity contribution is 0.0642. The van der Waals surface area contributed by atoms with Crippen molar-refractivity contribution in [3.63, 3.8) is 0 Å². The SMILES string of the molecule is CN(CCCc1cnn(C)c1)C(=O)Nc1ccc2c(c1)C(=O)N(C1CC1)C2=O. The maximum absolute atomic E-state index is 12.5. The fourth-order valence-electron chi connectivity index (χ4n) is 3.44. The molecule has 8 nitrogen and oxygen atoms in total. The molecule has 1 N–H and O–H groups in total. The Morgan fingerprint density at radius 2 is 2.00 bits per heavy atom. The molecule has 1 saturated carbocycles. The van der Waals surface area contributed by atoms with Crippen molar-refractivity contribution in [1.82, 2.24) is 19.6 Å². The number of carbonyl (C=O) groups is 3. The number of urea groups is 1. The van der Waals surface area contributed by atoms with Crippen molar-refractivity contribution < 1.29 is 14.4 Å². The number of hydrogen-bond donors (Lipinski definition) is 1. The van der Waals surface area contributed by atoms with E-state index in [2.05, 4.69) is 10.4 Å². The van der Waals surface area contributed by atoms with Crippen LogP contribution in [0.4, 0.5) is 10.5 Å². The number of imide groups is 1. The first-order valence-corrected chi connectivity index (χ1v) is 9.45. The van der Waals surface area contributed by atoms with Gasteiger partial charge in [0.15, 0.2) is 0 Å². The van der Waals surface area contributed by atoms with E-state index in [0.717, 1.165) is 31.2 Å². The van der Waals surface area contributed by atoms with E-state index in [1.807, 2.05) is 19.4 Å². The maximum Gasteiger partial charge on any atom is 0.321 e. The average Bonchev–Trinajstić information content (AvgIpc) is 3.36. The van der Waals surface area contributed by atoms with E-state index in [9.17, 15) is 14.4 Å². The molecule has 28 heavy (non-hydrogen) atoms. The summed E-state index contributed by atoms with van der Waals surface area (Å²) in [5.74, 6) is -0.490. The van der Waals surface area contributed by atoms with Crippen molar-refractivity contribution in [1.29, 1.82) is 0 Å². The number of carbonyl (C=O) groups excluding carboxylic acids is 3. The van der Waals surface area contributed by atoms with Gasteiger partial charge in [0.2, 0.25) is 0 Å². The van der Waals surface area contributed by atoms with Crippen LogP contribution in [0.15, 0.2) is 30.6 Å². The van der Waals surface area contributed by atoms with Gasteiger partial charge in [-0.25, -0.2) is 4.79 Å². The van der Waals surface area contributed by atoms with Gasteiger partial charge >= 0.3 is 6.03 Å². The van der Waals surface area contributed by atoms with E-state index >= 15 is 0 Å². The van der Waals surface area contributed by atoms with Crippen molar-refractivity contribution >= 4 is 23.5 Å².